The number of hydrogen-bond donors (Lipinski definition) is 0. The minimum atomic E-state index is -0.280. The number of carbonyl (C=O) groups excluding carboxylic acids is 1. The Hall–Kier alpha value is -1.58. The molecule has 0 N–H and O–H groups in total. The smallest absolute Gasteiger partial charge is 0.225 e. The summed E-state index contributed by atoms with van der Waals surface area (Å²) in [6.07, 6.45) is 5.41. The molecule has 4 heteroatoms. The van der Waals surface area contributed by atoms with Crippen LogP contribution in [-0.4, -0.2) is 30.5 Å². The van der Waals surface area contributed by atoms with E-state index < -0.39 is 0 Å². The molecule has 1 aliphatic heterocycles. The number of hydrogen-bond acceptors (Lipinski definition) is 2. The van der Waals surface area contributed by atoms with Gasteiger partial charge in [-0.05, 0) is 37.8 Å². The third-order valence-electron chi connectivity index (χ3n) is 4.57. The van der Waals surface area contributed by atoms with E-state index in [2.05, 4.69) is 0 Å². The molecule has 1 heterocycles. The molecule has 1 aliphatic carbocycles. The van der Waals surface area contributed by atoms with Crippen molar-refractivity contribution in [3.05, 3.63) is 30.1 Å². The third-order valence-corrected chi connectivity index (χ3v) is 4.57. The van der Waals surface area contributed by atoms with Gasteiger partial charge in [-0.1, -0.05) is 12.5 Å². The average molecular weight is 291 g/mol. The predicted octanol–water partition coefficient (Wildman–Crippen LogP) is 3.24. The molecule has 1 aromatic rings. The minimum Gasteiger partial charge on any atom is -0.493 e. The van der Waals surface area contributed by atoms with Crippen molar-refractivity contribution in [3.63, 3.8) is 0 Å². The fourth-order valence-corrected chi connectivity index (χ4v) is 3.09. The second kappa shape index (κ2) is 6.46. The number of ether oxygens (including phenoxy) is 1. The van der Waals surface area contributed by atoms with Gasteiger partial charge in [0.15, 0.2) is 0 Å². The van der Waals surface area contributed by atoms with Crippen LogP contribution in [0.2, 0.25) is 0 Å². The molecular formula is C17H22FNO2. The van der Waals surface area contributed by atoms with Gasteiger partial charge in [-0.2, -0.15) is 0 Å². The number of amides is 1. The number of benzene rings is 1. The van der Waals surface area contributed by atoms with Crippen molar-refractivity contribution < 1.29 is 13.9 Å². The van der Waals surface area contributed by atoms with Crippen molar-refractivity contribution in [2.24, 2.45) is 11.8 Å². The zero-order valence-corrected chi connectivity index (χ0v) is 12.3. The summed E-state index contributed by atoms with van der Waals surface area (Å²) in [5, 5.41) is 0. The molecule has 0 bridgehead atoms. The first-order valence-electron chi connectivity index (χ1n) is 7.89. The van der Waals surface area contributed by atoms with Crippen LogP contribution in [0.1, 0.15) is 32.1 Å². The molecule has 2 aliphatic rings. The van der Waals surface area contributed by atoms with E-state index in [1.165, 1.54) is 18.6 Å². The minimum absolute atomic E-state index is 0.271. The zero-order valence-electron chi connectivity index (χ0n) is 12.3. The third kappa shape index (κ3) is 3.55. The van der Waals surface area contributed by atoms with Crippen molar-refractivity contribution in [3.8, 4) is 5.75 Å². The average Bonchev–Trinajstić information content (AvgIpc) is 2.44. The predicted molar refractivity (Wildman–Crippen MR) is 78.5 cm³/mol. The number of likely N-dealkylation sites (tertiary alicyclic amines) is 1. The van der Waals surface area contributed by atoms with Crippen LogP contribution in [0.25, 0.3) is 0 Å². The van der Waals surface area contributed by atoms with Gasteiger partial charge in [0, 0.05) is 31.0 Å². The molecule has 1 atom stereocenters. The summed E-state index contributed by atoms with van der Waals surface area (Å²) in [7, 11) is 0. The second-order valence-electron chi connectivity index (χ2n) is 6.19. The van der Waals surface area contributed by atoms with Gasteiger partial charge in [-0.3, -0.25) is 4.79 Å². The van der Waals surface area contributed by atoms with Crippen LogP contribution in [0.15, 0.2) is 24.3 Å². The SMILES string of the molecule is O=C(C1CCC1)N1CCCC(COc2cccc(F)c2)C1. The molecule has 3 nitrogen and oxygen atoms in total. The van der Waals surface area contributed by atoms with Gasteiger partial charge in [-0.15, -0.1) is 0 Å². The highest BCUT2D eigenvalue weighted by molar-refractivity contribution is 5.79. The Morgan fingerprint density at radius 2 is 2.14 bits per heavy atom. The van der Waals surface area contributed by atoms with E-state index in [0.29, 0.717) is 24.2 Å². The van der Waals surface area contributed by atoms with E-state index in [1.807, 2.05) is 4.90 Å². The first-order chi connectivity index (χ1) is 10.2. The molecule has 1 amide bonds. The van der Waals surface area contributed by atoms with E-state index in [0.717, 1.165) is 38.8 Å². The van der Waals surface area contributed by atoms with E-state index >= 15 is 0 Å². The lowest BCUT2D eigenvalue weighted by Gasteiger charge is -2.37. The van der Waals surface area contributed by atoms with Crippen LogP contribution in [0.3, 0.4) is 0 Å². The monoisotopic (exact) mass is 291 g/mol. The molecule has 1 unspecified atom stereocenters. The number of piperidine rings is 1. The Kier molecular flexibility index (Phi) is 4.42. The maximum absolute atomic E-state index is 13.1. The lowest BCUT2D eigenvalue weighted by atomic mass is 9.83. The Bertz CT molecular complexity index is 501. The second-order valence-corrected chi connectivity index (χ2v) is 6.19. The summed E-state index contributed by atoms with van der Waals surface area (Å²) in [6, 6.07) is 6.23. The summed E-state index contributed by atoms with van der Waals surface area (Å²) in [5.74, 6) is 1.24. The van der Waals surface area contributed by atoms with Crippen molar-refractivity contribution in [2.45, 2.75) is 32.1 Å². The highest BCUT2D eigenvalue weighted by Gasteiger charge is 2.32. The largest absolute Gasteiger partial charge is 0.493 e. The Labute approximate surface area is 125 Å². The fraction of sp³-hybridized carbons (Fsp3) is 0.588. The molecular weight excluding hydrogens is 269 g/mol. The van der Waals surface area contributed by atoms with Crippen LogP contribution in [-0.2, 0) is 4.79 Å². The summed E-state index contributed by atoms with van der Waals surface area (Å²) in [4.78, 5) is 14.3. The van der Waals surface area contributed by atoms with Crippen LogP contribution >= 0.6 is 0 Å². The van der Waals surface area contributed by atoms with E-state index in [-0.39, 0.29) is 11.7 Å². The summed E-state index contributed by atoms with van der Waals surface area (Å²) in [6.45, 7) is 2.22. The summed E-state index contributed by atoms with van der Waals surface area (Å²) >= 11 is 0. The van der Waals surface area contributed by atoms with Gasteiger partial charge in [-0.25, -0.2) is 4.39 Å². The van der Waals surface area contributed by atoms with Crippen molar-refractivity contribution >= 4 is 5.91 Å². The Balaban J connectivity index is 1.50. The normalized spacial score (nSPS) is 22.7. The van der Waals surface area contributed by atoms with Gasteiger partial charge in [0.25, 0.3) is 0 Å². The van der Waals surface area contributed by atoms with Crippen molar-refractivity contribution in [2.75, 3.05) is 19.7 Å². The first kappa shape index (κ1) is 14.4. The van der Waals surface area contributed by atoms with Gasteiger partial charge in [0.2, 0.25) is 5.91 Å². The quantitative estimate of drug-likeness (QED) is 0.852. The highest BCUT2D eigenvalue weighted by Crippen LogP contribution is 2.30. The van der Waals surface area contributed by atoms with Crippen LogP contribution in [0.4, 0.5) is 4.39 Å². The molecule has 114 valence electrons. The van der Waals surface area contributed by atoms with E-state index in [9.17, 15) is 9.18 Å². The maximum Gasteiger partial charge on any atom is 0.225 e. The molecule has 0 radical (unpaired) electrons. The zero-order chi connectivity index (χ0) is 14.7. The lowest BCUT2D eigenvalue weighted by molar-refractivity contribution is -0.140. The molecule has 0 aromatic heterocycles. The van der Waals surface area contributed by atoms with Gasteiger partial charge in [0.05, 0.1) is 6.61 Å². The van der Waals surface area contributed by atoms with E-state index in [4.69, 9.17) is 4.74 Å². The summed E-state index contributed by atoms with van der Waals surface area (Å²) in [5.41, 5.74) is 0. The fourth-order valence-electron chi connectivity index (χ4n) is 3.09. The molecule has 3 rings (SSSR count). The molecule has 1 saturated carbocycles. The van der Waals surface area contributed by atoms with Crippen molar-refractivity contribution in [1.82, 2.24) is 4.90 Å². The van der Waals surface area contributed by atoms with Crippen molar-refractivity contribution in [1.29, 1.82) is 0 Å². The Morgan fingerprint density at radius 1 is 1.29 bits per heavy atom. The van der Waals surface area contributed by atoms with Gasteiger partial charge < -0.3 is 9.64 Å². The summed E-state index contributed by atoms with van der Waals surface area (Å²) < 4.78 is 18.8. The Morgan fingerprint density at radius 3 is 2.86 bits per heavy atom. The first-order valence-corrected chi connectivity index (χ1v) is 7.89. The number of nitrogens with zero attached hydrogens (tertiary/aromatic N) is 1. The molecule has 21 heavy (non-hydrogen) atoms. The van der Waals surface area contributed by atoms with Gasteiger partial charge in [0.1, 0.15) is 11.6 Å². The van der Waals surface area contributed by atoms with Crippen LogP contribution < -0.4 is 4.74 Å². The number of rotatable bonds is 4. The standard InChI is InChI=1S/C17H22FNO2/c18-15-7-2-8-16(10-15)21-12-13-4-3-9-19(11-13)17(20)14-5-1-6-14/h2,7-8,10,13-14H,1,3-6,9,11-12H2. The molecule has 1 saturated heterocycles. The highest BCUT2D eigenvalue weighted by atomic mass is 19.1. The topological polar surface area (TPSA) is 29.5 Å². The molecule has 1 aromatic carbocycles. The van der Waals surface area contributed by atoms with Gasteiger partial charge >= 0.3 is 0 Å². The maximum atomic E-state index is 13.1. The molecule has 2 fully saturated rings. The van der Waals surface area contributed by atoms with Crippen LogP contribution in [0.5, 0.6) is 5.75 Å². The number of halogens is 1. The van der Waals surface area contributed by atoms with Crippen LogP contribution in [0, 0.1) is 17.7 Å². The van der Waals surface area contributed by atoms with E-state index in [1.54, 1.807) is 12.1 Å². The molecule has 0 spiro atoms. The lowest BCUT2D eigenvalue weighted by Crippen LogP contribution is -2.45. The number of carbonyl (C=O) groups is 1.